The Morgan fingerprint density at radius 1 is 1.42 bits per heavy atom. The Bertz CT molecular complexity index is 459. The molecule has 1 fully saturated rings. The standard InChI is InChI=1S/C15H21N3S/c1-17-11-12-6-8-18(9-7-12)14-4-3-5-15(19-2)13(14)10-16/h3-5,12,17H,6-9,11H2,1-2H3. The van der Waals surface area contributed by atoms with Crippen LogP contribution in [0.3, 0.4) is 0 Å². The molecule has 102 valence electrons. The van der Waals surface area contributed by atoms with Crippen molar-refractivity contribution >= 4 is 17.4 Å². The van der Waals surface area contributed by atoms with Gasteiger partial charge in [0.15, 0.2) is 0 Å². The molecule has 4 heteroatoms. The van der Waals surface area contributed by atoms with Crippen LogP contribution in [0.15, 0.2) is 23.1 Å². The summed E-state index contributed by atoms with van der Waals surface area (Å²) in [7, 11) is 2.02. The van der Waals surface area contributed by atoms with Crippen LogP contribution in [0.2, 0.25) is 0 Å². The molecule has 1 aliphatic heterocycles. The van der Waals surface area contributed by atoms with E-state index in [1.54, 1.807) is 11.8 Å². The number of rotatable bonds is 4. The third kappa shape index (κ3) is 3.23. The van der Waals surface area contributed by atoms with Gasteiger partial charge in [0.25, 0.3) is 0 Å². The highest BCUT2D eigenvalue weighted by Gasteiger charge is 2.21. The molecule has 0 radical (unpaired) electrons. The van der Waals surface area contributed by atoms with Crippen molar-refractivity contribution in [3.63, 3.8) is 0 Å². The third-order valence-corrected chi connectivity index (χ3v) is 4.56. The molecule has 1 saturated heterocycles. The van der Waals surface area contributed by atoms with E-state index >= 15 is 0 Å². The minimum absolute atomic E-state index is 0.774. The van der Waals surface area contributed by atoms with E-state index in [0.29, 0.717) is 0 Å². The number of hydrogen-bond acceptors (Lipinski definition) is 4. The van der Waals surface area contributed by atoms with Crippen molar-refractivity contribution in [2.75, 3.05) is 37.8 Å². The van der Waals surface area contributed by atoms with Gasteiger partial charge in [-0.25, -0.2) is 0 Å². The maximum absolute atomic E-state index is 9.40. The summed E-state index contributed by atoms with van der Waals surface area (Å²) in [4.78, 5) is 3.45. The van der Waals surface area contributed by atoms with Gasteiger partial charge in [0.05, 0.1) is 11.3 Å². The van der Waals surface area contributed by atoms with Crippen LogP contribution in [0.5, 0.6) is 0 Å². The van der Waals surface area contributed by atoms with Gasteiger partial charge in [0, 0.05) is 18.0 Å². The first kappa shape index (κ1) is 14.2. The minimum Gasteiger partial charge on any atom is -0.370 e. The molecular weight excluding hydrogens is 254 g/mol. The topological polar surface area (TPSA) is 39.1 Å². The van der Waals surface area contributed by atoms with Gasteiger partial charge in [0.1, 0.15) is 6.07 Å². The Morgan fingerprint density at radius 2 is 2.16 bits per heavy atom. The first-order chi connectivity index (χ1) is 9.30. The molecule has 0 aromatic heterocycles. The van der Waals surface area contributed by atoms with E-state index in [2.05, 4.69) is 28.4 Å². The molecule has 1 aromatic rings. The van der Waals surface area contributed by atoms with Gasteiger partial charge in [-0.3, -0.25) is 0 Å². The van der Waals surface area contributed by atoms with Crippen LogP contribution in [-0.2, 0) is 0 Å². The summed E-state index contributed by atoms with van der Waals surface area (Å²) in [6, 6.07) is 8.54. The van der Waals surface area contributed by atoms with E-state index in [9.17, 15) is 5.26 Å². The maximum Gasteiger partial charge on any atom is 0.103 e. The number of piperidine rings is 1. The van der Waals surface area contributed by atoms with E-state index in [0.717, 1.165) is 41.7 Å². The average molecular weight is 275 g/mol. The van der Waals surface area contributed by atoms with Gasteiger partial charge in [-0.1, -0.05) is 6.07 Å². The van der Waals surface area contributed by atoms with Crippen molar-refractivity contribution in [1.82, 2.24) is 5.32 Å². The zero-order valence-electron chi connectivity index (χ0n) is 11.6. The summed E-state index contributed by atoms with van der Waals surface area (Å²) in [5.41, 5.74) is 1.94. The number of anilines is 1. The molecule has 0 unspecified atom stereocenters. The number of nitrogens with zero attached hydrogens (tertiary/aromatic N) is 2. The van der Waals surface area contributed by atoms with Gasteiger partial charge >= 0.3 is 0 Å². The number of benzene rings is 1. The monoisotopic (exact) mass is 275 g/mol. The van der Waals surface area contributed by atoms with Crippen LogP contribution in [0.4, 0.5) is 5.69 Å². The molecule has 3 nitrogen and oxygen atoms in total. The molecule has 0 spiro atoms. The molecule has 19 heavy (non-hydrogen) atoms. The molecule has 1 aromatic carbocycles. The predicted octanol–water partition coefficient (Wildman–Crippen LogP) is 2.72. The summed E-state index contributed by atoms with van der Waals surface area (Å²) in [6.45, 7) is 3.21. The molecule has 0 amide bonds. The van der Waals surface area contributed by atoms with Gasteiger partial charge in [-0.2, -0.15) is 5.26 Å². The smallest absolute Gasteiger partial charge is 0.103 e. The fourth-order valence-corrected chi connectivity index (χ4v) is 3.30. The van der Waals surface area contributed by atoms with E-state index in [1.807, 2.05) is 19.4 Å². The van der Waals surface area contributed by atoms with Crippen LogP contribution >= 0.6 is 11.8 Å². The minimum atomic E-state index is 0.774. The Morgan fingerprint density at radius 3 is 2.74 bits per heavy atom. The summed E-state index contributed by atoms with van der Waals surface area (Å²) in [5, 5.41) is 12.7. The lowest BCUT2D eigenvalue weighted by Crippen LogP contribution is -2.37. The lowest BCUT2D eigenvalue weighted by atomic mass is 9.96. The highest BCUT2D eigenvalue weighted by molar-refractivity contribution is 7.98. The third-order valence-electron chi connectivity index (χ3n) is 3.78. The van der Waals surface area contributed by atoms with Crippen LogP contribution in [0, 0.1) is 17.2 Å². The fraction of sp³-hybridized carbons (Fsp3) is 0.533. The van der Waals surface area contributed by atoms with Gasteiger partial charge < -0.3 is 10.2 Å². The second kappa shape index (κ2) is 6.83. The van der Waals surface area contributed by atoms with Crippen molar-refractivity contribution in [1.29, 1.82) is 5.26 Å². The van der Waals surface area contributed by atoms with E-state index in [-0.39, 0.29) is 0 Å². The predicted molar refractivity (Wildman–Crippen MR) is 81.8 cm³/mol. The SMILES string of the molecule is CNCC1CCN(c2cccc(SC)c2C#N)CC1. The molecule has 1 heterocycles. The molecule has 1 N–H and O–H groups in total. The van der Waals surface area contributed by atoms with Gasteiger partial charge in [0.2, 0.25) is 0 Å². The maximum atomic E-state index is 9.40. The first-order valence-corrected chi connectivity index (χ1v) is 7.99. The van der Waals surface area contributed by atoms with Crippen LogP contribution < -0.4 is 10.2 Å². The number of nitriles is 1. The summed E-state index contributed by atoms with van der Waals surface area (Å²) < 4.78 is 0. The summed E-state index contributed by atoms with van der Waals surface area (Å²) >= 11 is 1.65. The normalized spacial score (nSPS) is 16.4. The molecule has 0 atom stereocenters. The van der Waals surface area contributed by atoms with E-state index in [1.165, 1.54) is 12.8 Å². The van der Waals surface area contributed by atoms with Crippen molar-refractivity contribution in [3.8, 4) is 6.07 Å². The molecule has 0 saturated carbocycles. The second-order valence-electron chi connectivity index (χ2n) is 4.95. The Balaban J connectivity index is 2.14. The zero-order chi connectivity index (χ0) is 13.7. The van der Waals surface area contributed by atoms with Crippen LogP contribution in [0.25, 0.3) is 0 Å². The van der Waals surface area contributed by atoms with Crippen molar-refractivity contribution in [2.24, 2.45) is 5.92 Å². The number of nitrogens with one attached hydrogen (secondary N) is 1. The number of hydrogen-bond donors (Lipinski definition) is 1. The lowest BCUT2D eigenvalue weighted by molar-refractivity contribution is 0.393. The summed E-state index contributed by atoms with van der Waals surface area (Å²) in [5.74, 6) is 0.774. The Kier molecular flexibility index (Phi) is 5.12. The summed E-state index contributed by atoms with van der Waals surface area (Å²) in [6.07, 6.45) is 4.43. The Labute approximate surface area is 120 Å². The lowest BCUT2D eigenvalue weighted by Gasteiger charge is -2.34. The van der Waals surface area contributed by atoms with Gasteiger partial charge in [-0.15, -0.1) is 11.8 Å². The Hall–Kier alpha value is -1.18. The largest absolute Gasteiger partial charge is 0.370 e. The van der Waals surface area contributed by atoms with Crippen molar-refractivity contribution < 1.29 is 0 Å². The van der Waals surface area contributed by atoms with Crippen LogP contribution in [-0.4, -0.2) is 32.9 Å². The average Bonchev–Trinajstić information content (AvgIpc) is 2.47. The van der Waals surface area contributed by atoms with Crippen molar-refractivity contribution in [2.45, 2.75) is 17.7 Å². The zero-order valence-corrected chi connectivity index (χ0v) is 12.5. The highest BCUT2D eigenvalue weighted by atomic mass is 32.2. The fourth-order valence-electron chi connectivity index (χ4n) is 2.73. The van der Waals surface area contributed by atoms with Crippen LogP contribution in [0.1, 0.15) is 18.4 Å². The van der Waals surface area contributed by atoms with E-state index in [4.69, 9.17) is 0 Å². The molecule has 2 rings (SSSR count). The van der Waals surface area contributed by atoms with Gasteiger partial charge in [-0.05, 0) is 50.7 Å². The highest BCUT2D eigenvalue weighted by Crippen LogP contribution is 2.31. The second-order valence-corrected chi connectivity index (χ2v) is 5.80. The molecule has 1 aliphatic rings. The molecule has 0 bridgehead atoms. The van der Waals surface area contributed by atoms with E-state index < -0.39 is 0 Å². The van der Waals surface area contributed by atoms with Crippen molar-refractivity contribution in [3.05, 3.63) is 23.8 Å². The molecule has 0 aliphatic carbocycles. The quantitative estimate of drug-likeness (QED) is 0.858. The number of thioether (sulfide) groups is 1. The first-order valence-electron chi connectivity index (χ1n) is 6.76. The molecular formula is C15H21N3S.